The Morgan fingerprint density at radius 3 is 2.55 bits per heavy atom. The van der Waals surface area contributed by atoms with Crippen LogP contribution in [0.3, 0.4) is 0 Å². The van der Waals surface area contributed by atoms with Gasteiger partial charge in [-0.3, -0.25) is 14.3 Å². The van der Waals surface area contributed by atoms with E-state index in [4.69, 9.17) is 0 Å². The minimum atomic E-state index is -0.255. The van der Waals surface area contributed by atoms with Gasteiger partial charge in [0.2, 0.25) is 5.91 Å². The second-order valence-corrected chi connectivity index (χ2v) is 8.95. The van der Waals surface area contributed by atoms with Crippen LogP contribution < -0.4 is 11.0 Å². The first-order valence-corrected chi connectivity index (χ1v) is 11.5. The van der Waals surface area contributed by atoms with E-state index in [2.05, 4.69) is 21.4 Å². The summed E-state index contributed by atoms with van der Waals surface area (Å²) in [7, 11) is 0. The van der Waals surface area contributed by atoms with Crippen molar-refractivity contribution in [2.45, 2.75) is 51.1 Å². The second-order valence-electron chi connectivity index (χ2n) is 7.99. The molecule has 0 fully saturated rings. The molecular weight excluding hydrogens is 408 g/mol. The Balaban J connectivity index is 1.52. The van der Waals surface area contributed by atoms with Gasteiger partial charge in [-0.15, -0.1) is 0 Å². The van der Waals surface area contributed by atoms with Gasteiger partial charge >= 0.3 is 5.69 Å². The van der Waals surface area contributed by atoms with E-state index in [9.17, 15) is 9.59 Å². The number of carbonyl (C=O) groups is 1. The standard InChI is InChI=1S/C24H26N4O2S/c1-16-11-17(2)13-19(12-16)26-22(29)15-31-23-20-5-3-4-6-21(20)28(24(30)27-23)14-18-7-9-25-10-8-18/h7-13H,3-6,14-15H2,1-2H3,(H,26,29). The van der Waals surface area contributed by atoms with Crippen molar-refractivity contribution in [1.82, 2.24) is 14.5 Å². The molecule has 1 aliphatic rings. The Hall–Kier alpha value is -2.93. The van der Waals surface area contributed by atoms with Gasteiger partial charge in [-0.2, -0.15) is 4.98 Å². The van der Waals surface area contributed by atoms with Crippen molar-refractivity contribution in [2.75, 3.05) is 11.1 Å². The van der Waals surface area contributed by atoms with Crippen molar-refractivity contribution in [3.63, 3.8) is 0 Å². The first kappa shape index (κ1) is 21.3. The number of fused-ring (bicyclic) bond motifs is 1. The maximum atomic E-state index is 12.8. The van der Waals surface area contributed by atoms with Crippen LogP contribution in [0.25, 0.3) is 0 Å². The number of aromatic nitrogens is 3. The minimum absolute atomic E-state index is 0.0951. The van der Waals surface area contributed by atoms with Gasteiger partial charge in [0.05, 0.1) is 12.3 Å². The molecule has 0 saturated heterocycles. The van der Waals surface area contributed by atoms with E-state index in [-0.39, 0.29) is 17.3 Å². The second kappa shape index (κ2) is 9.47. The fraction of sp³-hybridized carbons (Fsp3) is 0.333. The van der Waals surface area contributed by atoms with Crippen LogP contribution in [-0.4, -0.2) is 26.2 Å². The fourth-order valence-electron chi connectivity index (χ4n) is 4.08. The van der Waals surface area contributed by atoms with Crippen LogP contribution in [-0.2, 0) is 24.2 Å². The zero-order valence-corrected chi connectivity index (χ0v) is 18.7. The van der Waals surface area contributed by atoms with E-state index in [1.807, 2.05) is 38.1 Å². The number of hydrogen-bond acceptors (Lipinski definition) is 5. The highest BCUT2D eigenvalue weighted by Crippen LogP contribution is 2.29. The molecule has 3 aromatic rings. The number of amides is 1. The SMILES string of the molecule is Cc1cc(C)cc(NC(=O)CSc2nc(=O)n(Cc3ccncc3)c3c2CCCC3)c1. The average Bonchev–Trinajstić information content (AvgIpc) is 2.74. The normalized spacial score (nSPS) is 13.0. The number of pyridine rings is 1. The summed E-state index contributed by atoms with van der Waals surface area (Å²) in [5, 5.41) is 3.65. The van der Waals surface area contributed by atoms with E-state index in [0.29, 0.717) is 11.6 Å². The molecule has 2 heterocycles. The summed E-state index contributed by atoms with van der Waals surface area (Å²) in [5.41, 5.74) is 5.96. The molecule has 1 N–H and O–H groups in total. The van der Waals surface area contributed by atoms with Crippen LogP contribution >= 0.6 is 11.8 Å². The van der Waals surface area contributed by atoms with E-state index in [0.717, 1.165) is 59.3 Å². The molecule has 0 aliphatic heterocycles. The Kier molecular flexibility index (Phi) is 6.51. The van der Waals surface area contributed by atoms with Gasteiger partial charge in [0.25, 0.3) is 0 Å². The molecule has 1 amide bonds. The van der Waals surface area contributed by atoms with Crippen LogP contribution in [0.1, 0.15) is 40.8 Å². The third kappa shape index (κ3) is 5.22. The fourth-order valence-corrected chi connectivity index (χ4v) is 4.96. The predicted octanol–water partition coefficient (Wildman–Crippen LogP) is 3.91. The molecule has 1 aromatic carbocycles. The number of rotatable bonds is 6. The molecule has 2 aromatic heterocycles. The van der Waals surface area contributed by atoms with Crippen LogP contribution in [0.4, 0.5) is 5.69 Å². The van der Waals surface area contributed by atoms with Crippen molar-refractivity contribution in [3.05, 3.63) is 81.2 Å². The smallest absolute Gasteiger partial charge is 0.325 e. The first-order chi connectivity index (χ1) is 15.0. The summed E-state index contributed by atoms with van der Waals surface area (Å²) in [6, 6.07) is 9.82. The third-order valence-corrected chi connectivity index (χ3v) is 6.40. The number of anilines is 1. The topological polar surface area (TPSA) is 76.9 Å². The van der Waals surface area contributed by atoms with Gasteiger partial charge in [-0.25, -0.2) is 4.79 Å². The Morgan fingerprint density at radius 2 is 1.81 bits per heavy atom. The van der Waals surface area contributed by atoms with Crippen LogP contribution in [0, 0.1) is 13.8 Å². The molecule has 0 radical (unpaired) electrons. The van der Waals surface area contributed by atoms with E-state index in [1.54, 1.807) is 17.0 Å². The van der Waals surface area contributed by atoms with E-state index < -0.39 is 0 Å². The lowest BCUT2D eigenvalue weighted by atomic mass is 9.97. The maximum Gasteiger partial charge on any atom is 0.349 e. The van der Waals surface area contributed by atoms with E-state index in [1.165, 1.54) is 11.8 Å². The van der Waals surface area contributed by atoms with Crippen molar-refractivity contribution in [2.24, 2.45) is 0 Å². The molecule has 0 spiro atoms. The minimum Gasteiger partial charge on any atom is -0.325 e. The summed E-state index contributed by atoms with van der Waals surface area (Å²) < 4.78 is 1.78. The van der Waals surface area contributed by atoms with Crippen molar-refractivity contribution in [3.8, 4) is 0 Å². The molecular formula is C24H26N4O2S. The molecule has 0 atom stereocenters. The monoisotopic (exact) mass is 434 g/mol. The molecule has 0 bridgehead atoms. The van der Waals surface area contributed by atoms with Gasteiger partial charge in [0.1, 0.15) is 5.03 Å². The van der Waals surface area contributed by atoms with Crippen LogP contribution in [0.2, 0.25) is 0 Å². The summed E-state index contributed by atoms with van der Waals surface area (Å²) >= 11 is 1.35. The van der Waals surface area contributed by atoms with Gasteiger partial charge in [0, 0.05) is 29.3 Å². The molecule has 31 heavy (non-hydrogen) atoms. The van der Waals surface area contributed by atoms with Crippen molar-refractivity contribution in [1.29, 1.82) is 0 Å². The molecule has 4 rings (SSSR count). The lowest BCUT2D eigenvalue weighted by molar-refractivity contribution is -0.113. The number of hydrogen-bond donors (Lipinski definition) is 1. The first-order valence-electron chi connectivity index (χ1n) is 10.5. The number of carbonyl (C=O) groups excluding carboxylic acids is 1. The highest BCUT2D eigenvalue weighted by molar-refractivity contribution is 8.00. The van der Waals surface area contributed by atoms with E-state index >= 15 is 0 Å². The Labute approximate surface area is 186 Å². The van der Waals surface area contributed by atoms with Gasteiger partial charge in [-0.1, -0.05) is 17.8 Å². The Bertz CT molecular complexity index is 1140. The molecule has 1 aliphatic carbocycles. The third-order valence-electron chi connectivity index (χ3n) is 5.39. The predicted molar refractivity (Wildman–Crippen MR) is 124 cm³/mol. The van der Waals surface area contributed by atoms with Crippen molar-refractivity contribution < 1.29 is 4.79 Å². The molecule has 160 valence electrons. The highest BCUT2D eigenvalue weighted by Gasteiger charge is 2.21. The Morgan fingerprint density at radius 1 is 1.10 bits per heavy atom. The lowest BCUT2D eigenvalue weighted by Crippen LogP contribution is -2.30. The number of thioether (sulfide) groups is 1. The molecule has 7 heteroatoms. The summed E-state index contributed by atoms with van der Waals surface area (Å²) in [4.78, 5) is 33.8. The van der Waals surface area contributed by atoms with Gasteiger partial charge in [-0.05, 0) is 80.5 Å². The maximum absolute atomic E-state index is 12.8. The zero-order valence-electron chi connectivity index (χ0n) is 17.9. The summed E-state index contributed by atoms with van der Waals surface area (Å²) in [6.07, 6.45) is 7.35. The number of aryl methyl sites for hydroxylation is 2. The quantitative estimate of drug-likeness (QED) is 0.470. The number of nitrogens with zero attached hydrogens (tertiary/aromatic N) is 3. The lowest BCUT2D eigenvalue weighted by Gasteiger charge is -2.22. The molecule has 0 saturated carbocycles. The number of benzene rings is 1. The summed E-state index contributed by atoms with van der Waals surface area (Å²) in [6.45, 7) is 4.51. The number of nitrogens with one attached hydrogen (secondary N) is 1. The van der Waals surface area contributed by atoms with Gasteiger partial charge < -0.3 is 5.32 Å². The summed E-state index contributed by atoms with van der Waals surface area (Å²) in [5.74, 6) is 0.127. The van der Waals surface area contributed by atoms with Crippen molar-refractivity contribution >= 4 is 23.4 Å². The average molecular weight is 435 g/mol. The highest BCUT2D eigenvalue weighted by atomic mass is 32.2. The molecule has 6 nitrogen and oxygen atoms in total. The largest absolute Gasteiger partial charge is 0.349 e. The zero-order chi connectivity index (χ0) is 21.8. The van der Waals surface area contributed by atoms with Crippen LogP contribution in [0.15, 0.2) is 52.5 Å². The molecule has 0 unspecified atom stereocenters. The van der Waals surface area contributed by atoms with Gasteiger partial charge in [0.15, 0.2) is 0 Å². The van der Waals surface area contributed by atoms with Crippen LogP contribution in [0.5, 0.6) is 0 Å².